The zero-order valence-corrected chi connectivity index (χ0v) is 18.4. The third kappa shape index (κ3) is 3.55. The second-order valence-corrected chi connectivity index (χ2v) is 9.15. The standard InChI is InChI=1S/C23H17Cl3N2O3/c24-16-4-2-1-3-15(16)11-31-21-17(25)7-12(8-18(21)26)10-27-28-22(29)19-13-5-6-14(9-13)20(19)23(28)30/h1-8,10,13-14,19-20H,9,11H2/t13-,14-,19-,20+/m0/s1. The van der Waals surface area contributed by atoms with Gasteiger partial charge in [-0.1, -0.05) is 65.2 Å². The summed E-state index contributed by atoms with van der Waals surface area (Å²) in [5.74, 6) is -0.430. The highest BCUT2D eigenvalue weighted by atomic mass is 35.5. The Bertz CT molecular complexity index is 1090. The normalized spacial score (nSPS) is 26.4. The summed E-state index contributed by atoms with van der Waals surface area (Å²) in [6.45, 7) is 0.211. The van der Waals surface area contributed by atoms with E-state index in [4.69, 9.17) is 39.5 Å². The van der Waals surface area contributed by atoms with Crippen molar-refractivity contribution in [2.24, 2.45) is 28.8 Å². The average molecular weight is 476 g/mol. The van der Waals surface area contributed by atoms with Crippen LogP contribution < -0.4 is 4.74 Å². The van der Waals surface area contributed by atoms with E-state index in [0.29, 0.717) is 26.4 Å². The van der Waals surface area contributed by atoms with Crippen molar-refractivity contribution in [1.82, 2.24) is 5.01 Å². The van der Waals surface area contributed by atoms with E-state index in [1.165, 1.54) is 6.21 Å². The van der Waals surface area contributed by atoms with Gasteiger partial charge in [0.25, 0.3) is 11.8 Å². The van der Waals surface area contributed by atoms with Crippen molar-refractivity contribution >= 4 is 52.8 Å². The molecular weight excluding hydrogens is 459 g/mol. The zero-order valence-electron chi connectivity index (χ0n) is 16.2. The number of halogens is 3. The maximum atomic E-state index is 12.7. The Hall–Kier alpha value is -2.34. The molecule has 2 aromatic carbocycles. The molecule has 1 aliphatic heterocycles. The molecule has 1 saturated carbocycles. The highest BCUT2D eigenvalue weighted by Gasteiger charge is 2.59. The number of carbonyl (C=O) groups is 2. The number of hydrogen-bond acceptors (Lipinski definition) is 4. The largest absolute Gasteiger partial charge is 0.486 e. The van der Waals surface area contributed by atoms with Crippen molar-refractivity contribution in [3.8, 4) is 5.75 Å². The van der Waals surface area contributed by atoms with Gasteiger partial charge >= 0.3 is 0 Å². The molecule has 8 heteroatoms. The van der Waals surface area contributed by atoms with Gasteiger partial charge in [0.15, 0.2) is 5.75 Å². The van der Waals surface area contributed by atoms with Crippen LogP contribution in [0, 0.1) is 23.7 Å². The third-order valence-corrected chi connectivity index (χ3v) is 7.05. The first-order valence-electron chi connectivity index (χ1n) is 9.89. The first-order valence-corrected chi connectivity index (χ1v) is 11.0. The lowest BCUT2D eigenvalue weighted by atomic mass is 9.85. The summed E-state index contributed by atoms with van der Waals surface area (Å²) in [5, 5.41) is 6.32. The molecule has 2 aliphatic carbocycles. The smallest absolute Gasteiger partial charge is 0.254 e. The minimum Gasteiger partial charge on any atom is -0.486 e. The number of amides is 2. The molecule has 0 spiro atoms. The van der Waals surface area contributed by atoms with Gasteiger partial charge in [-0.2, -0.15) is 10.1 Å². The number of ether oxygens (including phenoxy) is 1. The molecule has 3 aliphatic rings. The van der Waals surface area contributed by atoms with Gasteiger partial charge in [-0.15, -0.1) is 0 Å². The van der Waals surface area contributed by atoms with E-state index >= 15 is 0 Å². The number of imide groups is 1. The Morgan fingerprint density at radius 3 is 2.19 bits per heavy atom. The van der Waals surface area contributed by atoms with Crippen LogP contribution in [0.1, 0.15) is 17.5 Å². The number of hydrogen-bond donors (Lipinski definition) is 0. The molecule has 1 saturated heterocycles. The number of allylic oxidation sites excluding steroid dienone is 2. The van der Waals surface area contributed by atoms with Crippen LogP contribution in [0.5, 0.6) is 5.75 Å². The lowest BCUT2D eigenvalue weighted by Crippen LogP contribution is -2.28. The first kappa shape index (κ1) is 20.6. The first-order chi connectivity index (χ1) is 14.9. The summed E-state index contributed by atoms with van der Waals surface area (Å²) in [7, 11) is 0. The topological polar surface area (TPSA) is 59.0 Å². The van der Waals surface area contributed by atoms with Gasteiger partial charge in [0.05, 0.1) is 28.1 Å². The number of carbonyl (C=O) groups excluding carboxylic acids is 2. The molecule has 5 nitrogen and oxygen atoms in total. The minimum absolute atomic E-state index is 0.144. The van der Waals surface area contributed by atoms with Gasteiger partial charge in [-0.05, 0) is 42.0 Å². The van der Waals surface area contributed by atoms with Crippen molar-refractivity contribution in [1.29, 1.82) is 0 Å². The van der Waals surface area contributed by atoms with Gasteiger partial charge in [0, 0.05) is 10.6 Å². The van der Waals surface area contributed by atoms with Crippen molar-refractivity contribution < 1.29 is 14.3 Å². The van der Waals surface area contributed by atoms with E-state index in [1.807, 2.05) is 30.4 Å². The predicted molar refractivity (Wildman–Crippen MR) is 119 cm³/mol. The predicted octanol–water partition coefficient (Wildman–Crippen LogP) is 5.37. The molecule has 0 N–H and O–H groups in total. The third-order valence-electron chi connectivity index (χ3n) is 6.12. The van der Waals surface area contributed by atoms with E-state index in [-0.39, 0.29) is 42.1 Å². The molecule has 158 valence electrons. The van der Waals surface area contributed by atoms with Gasteiger partial charge in [0.2, 0.25) is 0 Å². The Morgan fingerprint density at radius 2 is 1.58 bits per heavy atom. The van der Waals surface area contributed by atoms with Crippen LogP contribution >= 0.6 is 34.8 Å². The fourth-order valence-corrected chi connectivity index (χ4v) is 5.49. The molecule has 2 amide bonds. The Balaban J connectivity index is 1.31. The van der Waals surface area contributed by atoms with Gasteiger partial charge in [-0.25, -0.2) is 0 Å². The van der Waals surface area contributed by atoms with Crippen LogP contribution in [0.25, 0.3) is 0 Å². The lowest BCUT2D eigenvalue weighted by Gasteiger charge is -2.13. The number of fused-ring (bicyclic) bond motifs is 5. The van der Waals surface area contributed by atoms with Gasteiger partial charge < -0.3 is 4.74 Å². The highest BCUT2D eigenvalue weighted by molar-refractivity contribution is 6.37. The summed E-state index contributed by atoms with van der Waals surface area (Å²) in [5.41, 5.74) is 1.36. The fourth-order valence-electron chi connectivity index (χ4n) is 4.68. The zero-order chi connectivity index (χ0) is 21.7. The Morgan fingerprint density at radius 1 is 0.968 bits per heavy atom. The summed E-state index contributed by atoms with van der Waals surface area (Å²) in [6, 6.07) is 10.6. The summed E-state index contributed by atoms with van der Waals surface area (Å²) < 4.78 is 5.76. The van der Waals surface area contributed by atoms with Crippen LogP contribution in [-0.4, -0.2) is 23.0 Å². The van der Waals surface area contributed by atoms with E-state index in [9.17, 15) is 9.59 Å². The van der Waals surface area contributed by atoms with Crippen molar-refractivity contribution in [3.05, 3.63) is 74.7 Å². The molecule has 31 heavy (non-hydrogen) atoms. The molecule has 0 unspecified atom stereocenters. The molecule has 0 radical (unpaired) electrons. The van der Waals surface area contributed by atoms with Crippen LogP contribution in [-0.2, 0) is 16.2 Å². The van der Waals surface area contributed by atoms with E-state index in [0.717, 1.165) is 17.0 Å². The monoisotopic (exact) mass is 474 g/mol. The van der Waals surface area contributed by atoms with Crippen LogP contribution in [0.15, 0.2) is 53.7 Å². The van der Waals surface area contributed by atoms with Crippen molar-refractivity contribution in [2.75, 3.05) is 0 Å². The number of rotatable bonds is 5. The maximum absolute atomic E-state index is 12.7. The number of nitrogens with zero attached hydrogens (tertiary/aromatic N) is 2. The van der Waals surface area contributed by atoms with Crippen molar-refractivity contribution in [2.45, 2.75) is 13.0 Å². The molecule has 2 bridgehead atoms. The van der Waals surface area contributed by atoms with Crippen LogP contribution in [0.4, 0.5) is 0 Å². The molecule has 0 aromatic heterocycles. The summed E-state index contributed by atoms with van der Waals surface area (Å²) in [6.07, 6.45) is 6.39. The van der Waals surface area contributed by atoms with Crippen molar-refractivity contribution in [3.63, 3.8) is 0 Å². The fraction of sp³-hybridized carbons (Fsp3) is 0.261. The molecule has 2 aromatic rings. The highest BCUT2D eigenvalue weighted by Crippen LogP contribution is 2.52. The summed E-state index contributed by atoms with van der Waals surface area (Å²) >= 11 is 18.9. The van der Waals surface area contributed by atoms with Gasteiger partial charge in [-0.3, -0.25) is 9.59 Å². The van der Waals surface area contributed by atoms with E-state index in [2.05, 4.69) is 5.10 Å². The second-order valence-electron chi connectivity index (χ2n) is 7.93. The average Bonchev–Trinajstić information content (AvgIpc) is 3.41. The van der Waals surface area contributed by atoms with E-state index < -0.39 is 0 Å². The quantitative estimate of drug-likeness (QED) is 0.332. The second kappa shape index (κ2) is 7.97. The minimum atomic E-state index is -0.285. The van der Waals surface area contributed by atoms with Gasteiger partial charge in [0.1, 0.15) is 6.61 Å². The SMILES string of the molecule is O=C1[C@@H]2[C@H](C(=O)N1N=Cc1cc(Cl)c(OCc3ccccc3Cl)c(Cl)c1)[C@H]1C=C[C@H]2C1. The maximum Gasteiger partial charge on any atom is 0.254 e. The van der Waals surface area contributed by atoms with Crippen LogP contribution in [0.2, 0.25) is 15.1 Å². The molecule has 2 fully saturated rings. The molecular formula is C23H17Cl3N2O3. The Kier molecular flexibility index (Phi) is 5.29. The summed E-state index contributed by atoms with van der Waals surface area (Å²) in [4.78, 5) is 25.4. The van der Waals surface area contributed by atoms with Crippen LogP contribution in [0.3, 0.4) is 0 Å². The molecule has 4 atom stereocenters. The Labute approximate surface area is 194 Å². The van der Waals surface area contributed by atoms with E-state index in [1.54, 1.807) is 18.2 Å². The number of hydrazone groups is 1. The number of benzene rings is 2. The lowest BCUT2D eigenvalue weighted by molar-refractivity contribution is -0.140. The molecule has 5 rings (SSSR count). The molecule has 1 heterocycles.